The number of hydrogen-bond acceptors (Lipinski definition) is 4. The zero-order chi connectivity index (χ0) is 24.7. The van der Waals surface area contributed by atoms with E-state index in [0.29, 0.717) is 12.8 Å². The predicted octanol–water partition coefficient (Wildman–Crippen LogP) is 4.84. The smallest absolute Gasteiger partial charge is 0.407 e. The molecule has 3 rings (SSSR count). The summed E-state index contributed by atoms with van der Waals surface area (Å²) in [6.45, 7) is 5.81. The Bertz CT molecular complexity index is 988. The molecule has 2 aromatic carbocycles. The SMILES string of the molecule is CCCCC(NC(=O)CCC(C)(C)NC(=O)OCC1c2ccccc2-c2ccccc21)C(=O)O. The van der Waals surface area contributed by atoms with Crippen LogP contribution in [0.1, 0.15) is 69.9 Å². The van der Waals surface area contributed by atoms with Gasteiger partial charge in [0.15, 0.2) is 0 Å². The van der Waals surface area contributed by atoms with E-state index in [1.807, 2.05) is 45.0 Å². The van der Waals surface area contributed by atoms with Gasteiger partial charge in [-0.15, -0.1) is 0 Å². The van der Waals surface area contributed by atoms with Gasteiger partial charge in [-0.25, -0.2) is 9.59 Å². The fourth-order valence-corrected chi connectivity index (χ4v) is 4.33. The van der Waals surface area contributed by atoms with Gasteiger partial charge in [-0.05, 0) is 48.9 Å². The number of amides is 2. The van der Waals surface area contributed by atoms with E-state index in [0.717, 1.165) is 35.1 Å². The maximum absolute atomic E-state index is 12.6. The highest BCUT2D eigenvalue weighted by molar-refractivity contribution is 5.83. The second-order valence-electron chi connectivity index (χ2n) is 9.43. The fourth-order valence-electron chi connectivity index (χ4n) is 4.33. The highest BCUT2D eigenvalue weighted by atomic mass is 16.5. The van der Waals surface area contributed by atoms with Gasteiger partial charge in [0.05, 0.1) is 0 Å². The number of carbonyl (C=O) groups is 3. The van der Waals surface area contributed by atoms with Crippen molar-refractivity contribution in [3.8, 4) is 11.1 Å². The summed E-state index contributed by atoms with van der Waals surface area (Å²) < 4.78 is 5.59. The lowest BCUT2D eigenvalue weighted by atomic mass is 9.97. The van der Waals surface area contributed by atoms with Crippen molar-refractivity contribution in [3.63, 3.8) is 0 Å². The van der Waals surface area contributed by atoms with Gasteiger partial charge < -0.3 is 20.5 Å². The molecule has 34 heavy (non-hydrogen) atoms. The minimum atomic E-state index is -1.03. The van der Waals surface area contributed by atoms with Gasteiger partial charge in [0.2, 0.25) is 5.91 Å². The number of hydrogen-bond donors (Lipinski definition) is 3. The van der Waals surface area contributed by atoms with E-state index in [1.54, 1.807) is 0 Å². The molecule has 0 aliphatic heterocycles. The van der Waals surface area contributed by atoms with E-state index < -0.39 is 23.6 Å². The van der Waals surface area contributed by atoms with Crippen molar-refractivity contribution in [2.45, 2.75) is 70.4 Å². The Morgan fingerprint density at radius 2 is 1.62 bits per heavy atom. The van der Waals surface area contributed by atoms with Gasteiger partial charge in [-0.3, -0.25) is 4.79 Å². The summed E-state index contributed by atoms with van der Waals surface area (Å²) in [5, 5.41) is 14.7. The van der Waals surface area contributed by atoms with Crippen LogP contribution >= 0.6 is 0 Å². The topological polar surface area (TPSA) is 105 Å². The lowest BCUT2D eigenvalue weighted by Crippen LogP contribution is -2.46. The molecule has 1 atom stereocenters. The minimum Gasteiger partial charge on any atom is -0.480 e. The first-order chi connectivity index (χ1) is 16.2. The van der Waals surface area contributed by atoms with Crippen LogP contribution in [0.15, 0.2) is 48.5 Å². The molecule has 7 heteroatoms. The number of aliphatic carboxylic acids is 1. The first-order valence-corrected chi connectivity index (χ1v) is 11.9. The average molecular weight is 467 g/mol. The molecule has 3 N–H and O–H groups in total. The Labute approximate surface area is 200 Å². The van der Waals surface area contributed by atoms with Crippen molar-refractivity contribution in [2.24, 2.45) is 0 Å². The summed E-state index contributed by atoms with van der Waals surface area (Å²) in [5.41, 5.74) is 3.92. The van der Waals surface area contributed by atoms with E-state index in [2.05, 4.69) is 34.9 Å². The van der Waals surface area contributed by atoms with Crippen molar-refractivity contribution in [1.82, 2.24) is 10.6 Å². The summed E-state index contributed by atoms with van der Waals surface area (Å²) in [5.74, 6) is -1.40. The average Bonchev–Trinajstić information content (AvgIpc) is 3.12. The highest BCUT2D eigenvalue weighted by Gasteiger charge is 2.30. The molecule has 182 valence electrons. The van der Waals surface area contributed by atoms with Gasteiger partial charge in [0.1, 0.15) is 12.6 Å². The Morgan fingerprint density at radius 3 is 2.18 bits per heavy atom. The van der Waals surface area contributed by atoms with E-state index >= 15 is 0 Å². The molecular weight excluding hydrogens is 432 g/mol. The number of fused-ring (bicyclic) bond motifs is 3. The third kappa shape index (κ3) is 6.37. The van der Waals surface area contributed by atoms with Crippen LogP contribution in [0.2, 0.25) is 0 Å². The Hall–Kier alpha value is -3.35. The molecular formula is C27H34N2O5. The van der Waals surface area contributed by atoms with E-state index in [1.165, 1.54) is 0 Å². The second kappa shape index (κ2) is 11.2. The highest BCUT2D eigenvalue weighted by Crippen LogP contribution is 2.44. The minimum absolute atomic E-state index is 0.0249. The molecule has 0 bridgehead atoms. The summed E-state index contributed by atoms with van der Waals surface area (Å²) in [4.78, 5) is 36.2. The number of benzene rings is 2. The maximum atomic E-state index is 12.6. The molecule has 0 heterocycles. The Balaban J connectivity index is 1.51. The zero-order valence-electron chi connectivity index (χ0n) is 20.1. The Morgan fingerprint density at radius 1 is 1.03 bits per heavy atom. The van der Waals surface area contributed by atoms with Crippen molar-refractivity contribution in [3.05, 3.63) is 59.7 Å². The molecule has 0 radical (unpaired) electrons. The number of rotatable bonds is 11. The number of ether oxygens (including phenoxy) is 1. The van der Waals surface area contributed by atoms with Gasteiger partial charge in [-0.1, -0.05) is 68.3 Å². The van der Waals surface area contributed by atoms with E-state index in [-0.39, 0.29) is 24.9 Å². The van der Waals surface area contributed by atoms with Gasteiger partial charge in [0.25, 0.3) is 0 Å². The first-order valence-electron chi connectivity index (χ1n) is 11.9. The number of carboxylic acid groups (broad SMARTS) is 1. The normalized spacial score (nSPS) is 13.5. The van der Waals surface area contributed by atoms with Gasteiger partial charge >= 0.3 is 12.1 Å². The molecule has 0 spiro atoms. The lowest BCUT2D eigenvalue weighted by Gasteiger charge is -2.26. The van der Waals surface area contributed by atoms with Crippen molar-refractivity contribution in [1.29, 1.82) is 0 Å². The number of nitrogens with one attached hydrogen (secondary N) is 2. The third-order valence-electron chi connectivity index (χ3n) is 6.24. The summed E-state index contributed by atoms with van der Waals surface area (Å²) in [6, 6.07) is 15.4. The van der Waals surface area contributed by atoms with E-state index in [9.17, 15) is 19.5 Å². The van der Waals surface area contributed by atoms with Crippen molar-refractivity contribution in [2.75, 3.05) is 6.61 Å². The molecule has 1 aliphatic rings. The summed E-state index contributed by atoms with van der Waals surface area (Å²) in [6.07, 6.45) is 1.90. The van der Waals surface area contributed by atoms with Crippen LogP contribution in [0.5, 0.6) is 0 Å². The number of alkyl carbamates (subject to hydrolysis) is 1. The predicted molar refractivity (Wildman–Crippen MR) is 131 cm³/mol. The van der Waals surface area contributed by atoms with Crippen LogP contribution in [0.25, 0.3) is 11.1 Å². The second-order valence-corrected chi connectivity index (χ2v) is 9.43. The van der Waals surface area contributed by atoms with Gasteiger partial charge in [0, 0.05) is 17.9 Å². The van der Waals surface area contributed by atoms with Crippen molar-refractivity contribution < 1.29 is 24.2 Å². The number of carboxylic acids is 1. The van der Waals surface area contributed by atoms with Crippen LogP contribution < -0.4 is 10.6 Å². The maximum Gasteiger partial charge on any atom is 0.407 e. The van der Waals surface area contributed by atoms with Crippen LogP contribution in [-0.2, 0) is 14.3 Å². The number of unbranched alkanes of at least 4 members (excludes halogenated alkanes) is 1. The van der Waals surface area contributed by atoms with E-state index in [4.69, 9.17) is 4.74 Å². The summed E-state index contributed by atoms with van der Waals surface area (Å²) >= 11 is 0. The molecule has 0 aromatic heterocycles. The van der Waals surface area contributed by atoms with Crippen LogP contribution in [0.4, 0.5) is 4.79 Å². The van der Waals surface area contributed by atoms with Crippen LogP contribution in [0, 0.1) is 0 Å². The largest absolute Gasteiger partial charge is 0.480 e. The summed E-state index contributed by atoms with van der Waals surface area (Å²) in [7, 11) is 0. The number of carbonyl (C=O) groups excluding carboxylic acids is 2. The molecule has 2 aromatic rings. The van der Waals surface area contributed by atoms with Crippen LogP contribution in [-0.4, -0.2) is 41.3 Å². The van der Waals surface area contributed by atoms with Crippen LogP contribution in [0.3, 0.4) is 0 Å². The molecule has 1 unspecified atom stereocenters. The van der Waals surface area contributed by atoms with Crippen molar-refractivity contribution >= 4 is 18.0 Å². The Kier molecular flexibility index (Phi) is 8.31. The third-order valence-corrected chi connectivity index (χ3v) is 6.24. The fraction of sp³-hybridized carbons (Fsp3) is 0.444. The monoisotopic (exact) mass is 466 g/mol. The van der Waals surface area contributed by atoms with Gasteiger partial charge in [-0.2, -0.15) is 0 Å². The zero-order valence-corrected chi connectivity index (χ0v) is 20.1. The quantitative estimate of drug-likeness (QED) is 0.439. The molecule has 0 fully saturated rings. The molecule has 7 nitrogen and oxygen atoms in total. The molecule has 1 aliphatic carbocycles. The standard InChI is InChI=1S/C27H34N2O5/c1-4-5-14-23(25(31)32)28-24(30)15-16-27(2,3)29-26(33)34-17-22-20-12-8-6-10-18(20)19-11-7-9-13-21(19)22/h6-13,22-23H,4-5,14-17H2,1-3H3,(H,28,30)(H,29,33)(H,31,32). The molecule has 0 saturated heterocycles. The lowest BCUT2D eigenvalue weighted by molar-refractivity contribution is -0.142. The first kappa shape index (κ1) is 25.3. The molecule has 0 saturated carbocycles. The molecule has 2 amide bonds.